The molecule has 0 spiro atoms. The molecule has 0 saturated heterocycles. The molecule has 2 rings (SSSR count). The molecule has 0 fully saturated rings. The van der Waals surface area contributed by atoms with E-state index in [0.29, 0.717) is 13.1 Å². The first-order valence-corrected chi connectivity index (χ1v) is 8.62. The molecule has 1 unspecified atom stereocenters. The number of hydrogen-bond acceptors (Lipinski definition) is 3. The number of carbonyl (C=O) groups is 2. The molecular weight excluding hydrogens is 314 g/mol. The highest BCUT2D eigenvalue weighted by molar-refractivity contribution is 5.88. The molecule has 132 valence electrons. The van der Waals surface area contributed by atoms with Crippen LogP contribution in [0.5, 0.6) is 0 Å². The highest BCUT2D eigenvalue weighted by atomic mass is 16.2. The molecule has 1 N–H and O–H groups in total. The zero-order chi connectivity index (χ0) is 18.1. The second-order valence-electron chi connectivity index (χ2n) is 5.96. The van der Waals surface area contributed by atoms with Gasteiger partial charge in [-0.25, -0.2) is 0 Å². The topological polar surface area (TPSA) is 62.3 Å². The summed E-state index contributed by atoms with van der Waals surface area (Å²) in [5.74, 6) is -0.305. The van der Waals surface area contributed by atoms with E-state index in [1.807, 2.05) is 36.4 Å². The van der Waals surface area contributed by atoms with Gasteiger partial charge in [0.15, 0.2) is 0 Å². The van der Waals surface area contributed by atoms with Crippen LogP contribution in [0.25, 0.3) is 0 Å². The molecule has 0 aliphatic heterocycles. The van der Waals surface area contributed by atoms with Crippen LogP contribution >= 0.6 is 0 Å². The molecule has 5 heteroatoms. The minimum absolute atomic E-state index is 0.114. The maximum absolute atomic E-state index is 12.9. The van der Waals surface area contributed by atoms with Crippen LogP contribution in [-0.2, 0) is 16.1 Å². The van der Waals surface area contributed by atoms with Gasteiger partial charge in [0.05, 0.1) is 0 Å². The van der Waals surface area contributed by atoms with Crippen molar-refractivity contribution in [1.82, 2.24) is 15.2 Å². The summed E-state index contributed by atoms with van der Waals surface area (Å²) >= 11 is 0. The van der Waals surface area contributed by atoms with Gasteiger partial charge >= 0.3 is 0 Å². The number of nitrogens with zero attached hydrogens (tertiary/aromatic N) is 2. The van der Waals surface area contributed by atoms with Gasteiger partial charge in [0, 0.05) is 38.0 Å². The highest BCUT2D eigenvalue weighted by Gasteiger charge is 2.29. The minimum atomic E-state index is -0.665. The van der Waals surface area contributed by atoms with Crippen molar-refractivity contribution < 1.29 is 9.59 Å². The van der Waals surface area contributed by atoms with Crippen LogP contribution < -0.4 is 5.32 Å². The fourth-order valence-electron chi connectivity index (χ4n) is 2.69. The Morgan fingerprint density at radius 3 is 2.52 bits per heavy atom. The molecule has 0 saturated carbocycles. The number of pyridine rings is 1. The monoisotopic (exact) mass is 339 g/mol. The predicted molar refractivity (Wildman–Crippen MR) is 97.6 cm³/mol. The van der Waals surface area contributed by atoms with Crippen molar-refractivity contribution in [2.24, 2.45) is 0 Å². The van der Waals surface area contributed by atoms with Crippen molar-refractivity contribution >= 4 is 11.8 Å². The Morgan fingerprint density at radius 2 is 1.92 bits per heavy atom. The van der Waals surface area contributed by atoms with Crippen LogP contribution in [0.2, 0.25) is 0 Å². The normalized spacial score (nSPS) is 11.6. The number of amides is 2. The van der Waals surface area contributed by atoms with E-state index in [1.165, 1.54) is 6.92 Å². The van der Waals surface area contributed by atoms with E-state index >= 15 is 0 Å². The molecule has 1 aromatic carbocycles. The smallest absolute Gasteiger partial charge is 0.247 e. The number of carbonyl (C=O) groups excluding carboxylic acids is 2. The molecule has 2 aromatic rings. The van der Waals surface area contributed by atoms with E-state index in [0.717, 1.165) is 24.0 Å². The quantitative estimate of drug-likeness (QED) is 0.804. The fraction of sp³-hybridized carbons (Fsp3) is 0.350. The van der Waals surface area contributed by atoms with Gasteiger partial charge in [-0.1, -0.05) is 49.7 Å². The molecule has 25 heavy (non-hydrogen) atoms. The lowest BCUT2D eigenvalue weighted by Crippen LogP contribution is -2.43. The summed E-state index contributed by atoms with van der Waals surface area (Å²) in [6, 6.07) is 12.7. The first kappa shape index (κ1) is 18.6. The predicted octanol–water partition coefficient (Wildman–Crippen LogP) is 3.09. The second kappa shape index (κ2) is 9.57. The van der Waals surface area contributed by atoms with Crippen molar-refractivity contribution in [2.45, 2.75) is 39.3 Å². The molecule has 0 radical (unpaired) electrons. The standard InChI is InChI=1S/C20H25N3O2/c1-3-4-13-23(16(2)24)19(18-11-8-12-21-15-18)20(25)22-14-17-9-6-5-7-10-17/h5-12,15,19H,3-4,13-14H2,1-2H3,(H,22,25). The second-order valence-corrected chi connectivity index (χ2v) is 5.96. The molecule has 0 bridgehead atoms. The summed E-state index contributed by atoms with van der Waals surface area (Å²) in [7, 11) is 0. The molecule has 5 nitrogen and oxygen atoms in total. The largest absolute Gasteiger partial charge is 0.350 e. The zero-order valence-electron chi connectivity index (χ0n) is 14.8. The molecule has 1 aromatic heterocycles. The molecule has 2 amide bonds. The molecule has 1 atom stereocenters. The van der Waals surface area contributed by atoms with Crippen molar-refractivity contribution in [1.29, 1.82) is 0 Å². The van der Waals surface area contributed by atoms with Crippen LogP contribution in [0, 0.1) is 0 Å². The lowest BCUT2D eigenvalue weighted by molar-refractivity contribution is -0.139. The van der Waals surface area contributed by atoms with E-state index < -0.39 is 6.04 Å². The lowest BCUT2D eigenvalue weighted by Gasteiger charge is -2.30. The summed E-state index contributed by atoms with van der Waals surface area (Å²) in [5, 5.41) is 2.95. The van der Waals surface area contributed by atoms with Crippen LogP contribution in [0.3, 0.4) is 0 Å². The van der Waals surface area contributed by atoms with Gasteiger partial charge in [-0.3, -0.25) is 14.6 Å². The molecule has 0 aliphatic rings. The Bertz CT molecular complexity index is 674. The summed E-state index contributed by atoms with van der Waals surface area (Å²) in [5.41, 5.74) is 1.74. The van der Waals surface area contributed by atoms with Crippen LogP contribution in [0.15, 0.2) is 54.9 Å². The number of rotatable bonds is 8. The van der Waals surface area contributed by atoms with E-state index in [1.54, 1.807) is 23.4 Å². The third kappa shape index (κ3) is 5.41. The van der Waals surface area contributed by atoms with E-state index in [4.69, 9.17) is 0 Å². The summed E-state index contributed by atoms with van der Waals surface area (Å²) in [6.07, 6.45) is 5.11. The Balaban J connectivity index is 2.20. The lowest BCUT2D eigenvalue weighted by atomic mass is 10.1. The van der Waals surface area contributed by atoms with Gasteiger partial charge in [0.25, 0.3) is 0 Å². The van der Waals surface area contributed by atoms with Gasteiger partial charge in [-0.05, 0) is 18.1 Å². The maximum Gasteiger partial charge on any atom is 0.247 e. The van der Waals surface area contributed by atoms with Crippen molar-refractivity contribution in [3.8, 4) is 0 Å². The summed E-state index contributed by atoms with van der Waals surface area (Å²) in [4.78, 5) is 30.8. The average Bonchev–Trinajstić information content (AvgIpc) is 2.64. The van der Waals surface area contributed by atoms with Gasteiger partial charge < -0.3 is 10.2 Å². The average molecular weight is 339 g/mol. The van der Waals surface area contributed by atoms with E-state index in [9.17, 15) is 9.59 Å². The van der Waals surface area contributed by atoms with Crippen LogP contribution in [-0.4, -0.2) is 28.2 Å². The Morgan fingerprint density at radius 1 is 1.16 bits per heavy atom. The minimum Gasteiger partial charge on any atom is -0.350 e. The van der Waals surface area contributed by atoms with Crippen molar-refractivity contribution in [3.63, 3.8) is 0 Å². The zero-order valence-corrected chi connectivity index (χ0v) is 14.8. The maximum atomic E-state index is 12.9. The Hall–Kier alpha value is -2.69. The SMILES string of the molecule is CCCCN(C(C)=O)C(C(=O)NCc1ccccc1)c1cccnc1. The van der Waals surface area contributed by atoms with E-state index in [2.05, 4.69) is 17.2 Å². The molecular formula is C20H25N3O2. The number of aromatic nitrogens is 1. The summed E-state index contributed by atoms with van der Waals surface area (Å²) < 4.78 is 0. The Labute approximate surface area is 149 Å². The van der Waals surface area contributed by atoms with Crippen LogP contribution in [0.4, 0.5) is 0 Å². The number of hydrogen-bond donors (Lipinski definition) is 1. The molecule has 0 aliphatic carbocycles. The number of nitrogens with one attached hydrogen (secondary N) is 1. The first-order chi connectivity index (χ1) is 12.1. The van der Waals surface area contributed by atoms with Gasteiger partial charge in [-0.2, -0.15) is 0 Å². The Kier molecular flexibility index (Phi) is 7.14. The van der Waals surface area contributed by atoms with Crippen molar-refractivity contribution in [3.05, 3.63) is 66.0 Å². The van der Waals surface area contributed by atoms with Crippen molar-refractivity contribution in [2.75, 3.05) is 6.54 Å². The van der Waals surface area contributed by atoms with Gasteiger partial charge in [-0.15, -0.1) is 0 Å². The van der Waals surface area contributed by atoms with E-state index in [-0.39, 0.29) is 11.8 Å². The van der Waals surface area contributed by atoms with Crippen LogP contribution in [0.1, 0.15) is 43.9 Å². The number of unbranched alkanes of at least 4 members (excludes halogenated alkanes) is 1. The third-order valence-electron chi connectivity index (χ3n) is 4.03. The fourth-order valence-corrected chi connectivity index (χ4v) is 2.69. The molecule has 1 heterocycles. The summed E-state index contributed by atoms with van der Waals surface area (Å²) in [6.45, 7) is 4.54. The first-order valence-electron chi connectivity index (χ1n) is 8.62. The van der Waals surface area contributed by atoms with Gasteiger partial charge in [0.1, 0.15) is 6.04 Å². The number of benzene rings is 1. The van der Waals surface area contributed by atoms with Gasteiger partial charge in [0.2, 0.25) is 11.8 Å². The third-order valence-corrected chi connectivity index (χ3v) is 4.03. The highest BCUT2D eigenvalue weighted by Crippen LogP contribution is 2.21.